The second-order valence-corrected chi connectivity index (χ2v) is 18.3. The fourth-order valence-electron chi connectivity index (χ4n) is 8.83. The number of hydrogen-bond donors (Lipinski definition) is 4. The van der Waals surface area contributed by atoms with Crippen molar-refractivity contribution in [1.29, 1.82) is 0 Å². The van der Waals surface area contributed by atoms with Crippen LogP contribution in [0.1, 0.15) is 74.9 Å². The molecular formula is C48H56N8O6S. The Bertz CT molecular complexity index is 2380. The van der Waals surface area contributed by atoms with E-state index in [9.17, 15) is 19.2 Å². The number of carbonyl (C=O) groups is 4. The van der Waals surface area contributed by atoms with Crippen LogP contribution in [0.5, 0.6) is 0 Å². The first-order valence-electron chi connectivity index (χ1n) is 21.7. The Morgan fingerprint density at radius 3 is 1.83 bits per heavy atom. The van der Waals surface area contributed by atoms with E-state index in [-0.39, 0.29) is 52.8 Å². The van der Waals surface area contributed by atoms with Crippen molar-refractivity contribution in [2.75, 3.05) is 40.2 Å². The molecule has 3 aromatic carbocycles. The topological polar surface area (TPSA) is 175 Å². The number of benzene rings is 3. The van der Waals surface area contributed by atoms with Gasteiger partial charge in [0.25, 0.3) is 0 Å². The molecule has 15 heteroatoms. The van der Waals surface area contributed by atoms with Gasteiger partial charge in [0.1, 0.15) is 23.7 Å². The van der Waals surface area contributed by atoms with Gasteiger partial charge in [0.2, 0.25) is 17.7 Å². The number of thioether (sulfide) groups is 1. The molecule has 0 bridgehead atoms. The van der Waals surface area contributed by atoms with Crippen LogP contribution >= 0.6 is 11.8 Å². The number of ether oxygens (including phenoxy) is 2. The Balaban J connectivity index is 0.953. The maximum Gasteiger partial charge on any atom is 0.407 e. The van der Waals surface area contributed by atoms with Gasteiger partial charge in [-0.1, -0.05) is 92.7 Å². The number of nitrogens with one attached hydrogen (secondary N) is 4. The quantitative estimate of drug-likeness (QED) is 0.0841. The molecule has 4 amide bonds. The summed E-state index contributed by atoms with van der Waals surface area (Å²) in [6.45, 7) is 5.40. The van der Waals surface area contributed by atoms with E-state index in [1.54, 1.807) is 18.9 Å². The Kier molecular flexibility index (Phi) is 13.3. The van der Waals surface area contributed by atoms with Crippen LogP contribution < -0.4 is 10.6 Å². The number of imidazole rings is 2. The summed E-state index contributed by atoms with van der Waals surface area (Å²) in [6, 6.07) is 24.0. The van der Waals surface area contributed by atoms with Crippen molar-refractivity contribution < 1.29 is 28.7 Å². The van der Waals surface area contributed by atoms with Crippen LogP contribution in [0.4, 0.5) is 4.79 Å². The molecule has 0 radical (unpaired) electrons. The number of alkyl carbamates (subject to hydrolysis) is 1. The van der Waals surface area contributed by atoms with Gasteiger partial charge in [0, 0.05) is 37.3 Å². The number of H-pyrrole nitrogens is 2. The SMILES string of the molecule is COC[C@H]1C[C@@H](c2ncc(-c3ccc(-c4ccc(-c5cnc([C@@H]6C[C@H](SC)CN6C(=O)[C@@H](NC(=O)OC)C(C)C)[nH]5)cc4)cc3)[nH]2)N(C(=O)[C@H](NC(=O)C2CC2)c2ccccc2)C1. The number of likely N-dealkylation sites (tertiary alicyclic amines) is 2. The van der Waals surface area contributed by atoms with Crippen molar-refractivity contribution in [2.45, 2.75) is 68.9 Å². The largest absolute Gasteiger partial charge is 0.453 e. The molecule has 2 saturated heterocycles. The summed E-state index contributed by atoms with van der Waals surface area (Å²) in [5.74, 6) is 1.01. The van der Waals surface area contributed by atoms with Crippen LogP contribution in [-0.2, 0) is 23.9 Å². The van der Waals surface area contributed by atoms with Crippen LogP contribution in [0.2, 0.25) is 0 Å². The van der Waals surface area contributed by atoms with Crippen molar-refractivity contribution in [3.8, 4) is 33.6 Å². The lowest BCUT2D eigenvalue weighted by atomic mass is 10.0. The van der Waals surface area contributed by atoms with E-state index in [1.807, 2.05) is 66.4 Å². The minimum Gasteiger partial charge on any atom is -0.453 e. The Hall–Kier alpha value is -5.93. The molecule has 4 heterocycles. The summed E-state index contributed by atoms with van der Waals surface area (Å²) in [7, 11) is 2.97. The summed E-state index contributed by atoms with van der Waals surface area (Å²) in [6.07, 6.45) is 8.19. The summed E-state index contributed by atoms with van der Waals surface area (Å²) in [5.41, 5.74) is 6.49. The third-order valence-electron chi connectivity index (χ3n) is 12.5. The van der Waals surface area contributed by atoms with Gasteiger partial charge in [-0.3, -0.25) is 14.4 Å². The molecule has 1 aliphatic carbocycles. The normalized spacial score (nSPS) is 20.7. The lowest BCUT2D eigenvalue weighted by Gasteiger charge is -2.30. The number of carbonyl (C=O) groups excluding carboxylic acids is 4. The fourth-order valence-corrected chi connectivity index (χ4v) is 9.51. The van der Waals surface area contributed by atoms with Crippen LogP contribution in [-0.4, -0.2) is 105 Å². The van der Waals surface area contributed by atoms with Gasteiger partial charge in [0.05, 0.1) is 49.6 Å². The highest BCUT2D eigenvalue weighted by atomic mass is 32.2. The lowest BCUT2D eigenvalue weighted by molar-refractivity contribution is -0.138. The van der Waals surface area contributed by atoms with E-state index in [4.69, 9.17) is 19.4 Å². The first kappa shape index (κ1) is 43.7. The van der Waals surface area contributed by atoms with Gasteiger partial charge in [-0.2, -0.15) is 11.8 Å². The summed E-state index contributed by atoms with van der Waals surface area (Å²) in [5, 5.41) is 6.03. The molecule has 8 rings (SSSR count). The number of amides is 4. The summed E-state index contributed by atoms with van der Waals surface area (Å²) in [4.78, 5) is 73.5. The third-order valence-corrected chi connectivity index (χ3v) is 13.5. The summed E-state index contributed by atoms with van der Waals surface area (Å²) < 4.78 is 10.3. The minimum absolute atomic E-state index is 0.0273. The molecule has 1 saturated carbocycles. The monoisotopic (exact) mass is 872 g/mol. The van der Waals surface area contributed by atoms with Gasteiger partial charge < -0.3 is 39.9 Å². The molecule has 6 atom stereocenters. The van der Waals surface area contributed by atoms with Crippen molar-refractivity contribution >= 4 is 35.6 Å². The lowest BCUT2D eigenvalue weighted by Crippen LogP contribution is -2.51. The Morgan fingerprint density at radius 1 is 0.746 bits per heavy atom. The molecular weight excluding hydrogens is 817 g/mol. The fraction of sp³-hybridized carbons (Fsp3) is 0.417. The molecule has 4 N–H and O–H groups in total. The predicted octanol–water partition coefficient (Wildman–Crippen LogP) is 7.32. The smallest absolute Gasteiger partial charge is 0.407 e. The van der Waals surface area contributed by atoms with Crippen molar-refractivity contribution in [3.63, 3.8) is 0 Å². The number of methoxy groups -OCH3 is 2. The standard InChI is InChI=1S/C48H56N8O6S/c1-28(2)41(54-48(60)62-4)46(58)56-26-36(63-5)22-40(56)44-50-24-38(52-44)33-17-13-31(14-18-33)30-11-15-32(16-12-30)37-23-49-43(51-37)39-21-29(27-61-3)25-55(39)47(59)42(34-9-7-6-8-10-34)53-45(57)35-19-20-35/h6-18,23-24,28-29,35-36,39-42H,19-22,25-27H2,1-5H3,(H,49,51)(H,50,52)(H,53,57)(H,54,60)/t29-,36-,39-,40-,41-,42+/m0/s1. The molecule has 14 nitrogen and oxygen atoms in total. The molecule has 3 aliphatic rings. The van der Waals surface area contributed by atoms with E-state index in [2.05, 4.69) is 75.4 Å². The van der Waals surface area contributed by atoms with E-state index < -0.39 is 18.2 Å². The van der Waals surface area contributed by atoms with Crippen molar-refractivity contribution in [1.82, 2.24) is 40.4 Å². The first-order chi connectivity index (χ1) is 30.5. The third kappa shape index (κ3) is 9.69. The number of aromatic amines is 2. The van der Waals surface area contributed by atoms with E-state index in [0.29, 0.717) is 37.8 Å². The molecule has 63 heavy (non-hydrogen) atoms. The van der Waals surface area contributed by atoms with Crippen LogP contribution in [0.25, 0.3) is 33.6 Å². The highest BCUT2D eigenvalue weighted by molar-refractivity contribution is 7.99. The predicted molar refractivity (Wildman–Crippen MR) is 242 cm³/mol. The zero-order valence-corrected chi connectivity index (χ0v) is 37.2. The molecule has 5 aromatic rings. The second kappa shape index (κ2) is 19.2. The average molecular weight is 873 g/mol. The minimum atomic E-state index is -0.786. The second-order valence-electron chi connectivity index (χ2n) is 17.2. The van der Waals surface area contributed by atoms with Crippen LogP contribution in [0, 0.1) is 17.8 Å². The highest BCUT2D eigenvalue weighted by Crippen LogP contribution is 2.39. The van der Waals surface area contributed by atoms with E-state index in [0.717, 1.165) is 58.5 Å². The van der Waals surface area contributed by atoms with Crippen molar-refractivity contribution in [3.05, 3.63) is 108 Å². The molecule has 330 valence electrons. The number of aromatic nitrogens is 4. The van der Waals surface area contributed by atoms with Gasteiger partial charge in [-0.25, -0.2) is 14.8 Å². The van der Waals surface area contributed by atoms with Gasteiger partial charge in [0.15, 0.2) is 0 Å². The number of hydrogen-bond acceptors (Lipinski definition) is 9. The molecule has 2 aliphatic heterocycles. The van der Waals surface area contributed by atoms with Gasteiger partial charge >= 0.3 is 6.09 Å². The summed E-state index contributed by atoms with van der Waals surface area (Å²) >= 11 is 1.72. The zero-order valence-electron chi connectivity index (χ0n) is 36.4. The zero-order chi connectivity index (χ0) is 44.2. The van der Waals surface area contributed by atoms with E-state index >= 15 is 0 Å². The molecule has 2 aromatic heterocycles. The van der Waals surface area contributed by atoms with Crippen LogP contribution in [0.3, 0.4) is 0 Å². The van der Waals surface area contributed by atoms with Gasteiger partial charge in [-0.05, 0) is 65.7 Å². The molecule has 0 spiro atoms. The highest BCUT2D eigenvalue weighted by Gasteiger charge is 2.43. The number of rotatable bonds is 15. The van der Waals surface area contributed by atoms with Gasteiger partial charge in [-0.15, -0.1) is 0 Å². The molecule has 0 unspecified atom stereocenters. The maximum absolute atomic E-state index is 14.4. The maximum atomic E-state index is 14.4. The average Bonchev–Trinajstić information content (AvgIpc) is 3.66. The Morgan fingerprint density at radius 2 is 1.30 bits per heavy atom. The van der Waals surface area contributed by atoms with Crippen molar-refractivity contribution in [2.24, 2.45) is 17.8 Å². The van der Waals surface area contributed by atoms with E-state index in [1.165, 1.54) is 7.11 Å². The Labute approximate surface area is 372 Å². The number of nitrogens with zero attached hydrogens (tertiary/aromatic N) is 4. The molecule has 3 fully saturated rings. The first-order valence-corrected chi connectivity index (χ1v) is 23.0. The van der Waals surface area contributed by atoms with Crippen LogP contribution in [0.15, 0.2) is 91.3 Å².